The average molecular weight is 328 g/mol. The Morgan fingerprint density at radius 1 is 1.32 bits per heavy atom. The molecule has 1 aromatic carbocycles. The third kappa shape index (κ3) is 6.03. The van der Waals surface area contributed by atoms with Crippen LogP contribution in [0.1, 0.15) is 36.2 Å². The van der Waals surface area contributed by atoms with Gasteiger partial charge in [-0.2, -0.15) is 0 Å². The van der Waals surface area contributed by atoms with Gasteiger partial charge >= 0.3 is 0 Å². The highest BCUT2D eigenvalue weighted by molar-refractivity contribution is 5.94. The van der Waals surface area contributed by atoms with Gasteiger partial charge in [-0.25, -0.2) is 0 Å². The molecule has 5 nitrogen and oxygen atoms in total. The van der Waals surface area contributed by atoms with E-state index < -0.39 is 6.04 Å². The lowest BCUT2D eigenvalue weighted by molar-refractivity contribution is -0.123. The van der Waals surface area contributed by atoms with E-state index in [0.29, 0.717) is 18.5 Å². The van der Waals surface area contributed by atoms with Gasteiger partial charge in [0.05, 0.1) is 6.04 Å². The predicted molar refractivity (Wildman–Crippen MR) is 91.2 cm³/mol. The zero-order valence-corrected chi connectivity index (χ0v) is 14.2. The van der Waals surface area contributed by atoms with Crippen molar-refractivity contribution in [3.05, 3.63) is 35.4 Å². The zero-order chi connectivity index (χ0) is 15.8. The SMILES string of the molecule is CCC(C)C(N)C(=O)NCCc1cccc(C(=O)NC)c1.Cl. The standard InChI is InChI=1S/C16H25N3O2.ClH/c1-4-11(2)14(17)16(21)19-9-8-12-6-5-7-13(10-12)15(20)18-3;/h5-7,10-11,14H,4,8-9,17H2,1-3H3,(H,18,20)(H,19,21);1H. The van der Waals surface area contributed by atoms with Crippen LogP contribution in [0.15, 0.2) is 24.3 Å². The van der Waals surface area contributed by atoms with Gasteiger partial charge in [-0.15, -0.1) is 12.4 Å². The molecular weight excluding hydrogens is 302 g/mol. The number of amides is 2. The number of hydrogen-bond acceptors (Lipinski definition) is 3. The van der Waals surface area contributed by atoms with Crippen LogP contribution in [0.5, 0.6) is 0 Å². The van der Waals surface area contributed by atoms with E-state index in [9.17, 15) is 9.59 Å². The van der Waals surface area contributed by atoms with Gasteiger partial charge in [0.2, 0.25) is 5.91 Å². The van der Waals surface area contributed by atoms with Crippen LogP contribution in [0.3, 0.4) is 0 Å². The summed E-state index contributed by atoms with van der Waals surface area (Å²) in [6, 6.07) is 6.91. The van der Waals surface area contributed by atoms with Crippen molar-refractivity contribution in [2.45, 2.75) is 32.7 Å². The van der Waals surface area contributed by atoms with Crippen LogP contribution >= 0.6 is 12.4 Å². The number of rotatable bonds is 7. The molecule has 124 valence electrons. The van der Waals surface area contributed by atoms with Crippen molar-refractivity contribution < 1.29 is 9.59 Å². The topological polar surface area (TPSA) is 84.2 Å². The van der Waals surface area contributed by atoms with Gasteiger partial charge in [0.1, 0.15) is 0 Å². The molecular formula is C16H26ClN3O2. The molecule has 6 heteroatoms. The summed E-state index contributed by atoms with van der Waals surface area (Å²) in [5.74, 6) is -0.0620. The van der Waals surface area contributed by atoms with Gasteiger partial charge in [0.25, 0.3) is 5.91 Å². The number of carbonyl (C=O) groups excluding carboxylic acids is 2. The number of hydrogen-bond donors (Lipinski definition) is 3. The Kier molecular flexibility index (Phi) is 9.45. The van der Waals surface area contributed by atoms with Crippen molar-refractivity contribution in [1.82, 2.24) is 10.6 Å². The largest absolute Gasteiger partial charge is 0.355 e. The first-order chi connectivity index (χ1) is 9.99. The third-order valence-corrected chi connectivity index (χ3v) is 3.69. The summed E-state index contributed by atoms with van der Waals surface area (Å²) >= 11 is 0. The number of nitrogens with two attached hydrogens (primary N) is 1. The van der Waals surface area contributed by atoms with Crippen LogP contribution < -0.4 is 16.4 Å². The summed E-state index contributed by atoms with van der Waals surface area (Å²) in [6.07, 6.45) is 1.55. The van der Waals surface area contributed by atoms with E-state index in [0.717, 1.165) is 12.0 Å². The lowest BCUT2D eigenvalue weighted by atomic mass is 9.99. The van der Waals surface area contributed by atoms with Crippen molar-refractivity contribution >= 4 is 24.2 Å². The second-order valence-electron chi connectivity index (χ2n) is 5.23. The van der Waals surface area contributed by atoms with Gasteiger partial charge < -0.3 is 16.4 Å². The molecule has 0 aliphatic carbocycles. The first-order valence-electron chi connectivity index (χ1n) is 7.33. The maximum Gasteiger partial charge on any atom is 0.251 e. The molecule has 0 saturated heterocycles. The van der Waals surface area contributed by atoms with Crippen molar-refractivity contribution in [1.29, 1.82) is 0 Å². The number of benzene rings is 1. The quantitative estimate of drug-likeness (QED) is 0.709. The fourth-order valence-corrected chi connectivity index (χ4v) is 1.97. The molecule has 1 rings (SSSR count). The average Bonchev–Trinajstić information content (AvgIpc) is 2.52. The highest BCUT2D eigenvalue weighted by atomic mass is 35.5. The van der Waals surface area contributed by atoms with Crippen LogP contribution in [0.25, 0.3) is 0 Å². The normalized spacial score (nSPS) is 12.7. The van der Waals surface area contributed by atoms with Crippen LogP contribution in [-0.4, -0.2) is 31.4 Å². The molecule has 0 aromatic heterocycles. The van der Waals surface area contributed by atoms with Crippen molar-refractivity contribution in [3.8, 4) is 0 Å². The van der Waals surface area contributed by atoms with E-state index in [1.54, 1.807) is 13.1 Å². The number of carbonyl (C=O) groups is 2. The second-order valence-corrected chi connectivity index (χ2v) is 5.23. The molecule has 0 saturated carbocycles. The minimum absolute atomic E-state index is 0. The molecule has 0 aliphatic heterocycles. The van der Waals surface area contributed by atoms with Crippen molar-refractivity contribution in [3.63, 3.8) is 0 Å². The molecule has 0 bridgehead atoms. The molecule has 0 aliphatic rings. The Morgan fingerprint density at radius 2 is 2.00 bits per heavy atom. The maximum absolute atomic E-state index is 11.9. The van der Waals surface area contributed by atoms with Gasteiger partial charge in [0, 0.05) is 19.2 Å². The molecule has 0 spiro atoms. The van der Waals surface area contributed by atoms with Crippen LogP contribution in [-0.2, 0) is 11.2 Å². The number of nitrogens with one attached hydrogen (secondary N) is 2. The summed E-state index contributed by atoms with van der Waals surface area (Å²) in [5, 5.41) is 5.44. The van der Waals surface area contributed by atoms with Crippen LogP contribution in [0.2, 0.25) is 0 Å². The molecule has 2 atom stereocenters. The first-order valence-corrected chi connectivity index (χ1v) is 7.33. The molecule has 0 heterocycles. The highest BCUT2D eigenvalue weighted by Crippen LogP contribution is 2.07. The van der Waals surface area contributed by atoms with E-state index in [4.69, 9.17) is 5.73 Å². The molecule has 0 radical (unpaired) electrons. The predicted octanol–water partition coefficient (Wildman–Crippen LogP) is 1.50. The van der Waals surface area contributed by atoms with Gasteiger partial charge in [-0.3, -0.25) is 9.59 Å². The Bertz CT molecular complexity index is 494. The highest BCUT2D eigenvalue weighted by Gasteiger charge is 2.18. The molecule has 22 heavy (non-hydrogen) atoms. The number of halogens is 1. The summed E-state index contributed by atoms with van der Waals surface area (Å²) in [4.78, 5) is 23.4. The Labute approximate surface area is 138 Å². The Hall–Kier alpha value is -1.59. The van der Waals surface area contributed by atoms with Crippen LogP contribution in [0.4, 0.5) is 0 Å². The van der Waals surface area contributed by atoms with E-state index in [-0.39, 0.29) is 30.1 Å². The molecule has 4 N–H and O–H groups in total. The lowest BCUT2D eigenvalue weighted by Crippen LogP contribution is -2.45. The summed E-state index contributed by atoms with van der Waals surface area (Å²) in [7, 11) is 1.60. The van der Waals surface area contributed by atoms with Crippen LogP contribution in [0, 0.1) is 5.92 Å². The molecule has 0 fully saturated rings. The monoisotopic (exact) mass is 327 g/mol. The lowest BCUT2D eigenvalue weighted by Gasteiger charge is -2.17. The zero-order valence-electron chi connectivity index (χ0n) is 13.4. The maximum atomic E-state index is 11.9. The van der Waals surface area contributed by atoms with Gasteiger partial charge in [-0.05, 0) is 30.0 Å². The minimum atomic E-state index is -0.466. The molecule has 2 amide bonds. The van der Waals surface area contributed by atoms with E-state index in [2.05, 4.69) is 10.6 Å². The summed E-state index contributed by atoms with van der Waals surface area (Å²) < 4.78 is 0. The van der Waals surface area contributed by atoms with Crippen molar-refractivity contribution in [2.24, 2.45) is 11.7 Å². The summed E-state index contributed by atoms with van der Waals surface area (Å²) in [5.41, 5.74) is 7.50. The third-order valence-electron chi connectivity index (χ3n) is 3.69. The van der Waals surface area contributed by atoms with Gasteiger partial charge in [-0.1, -0.05) is 32.4 Å². The van der Waals surface area contributed by atoms with Crippen molar-refractivity contribution in [2.75, 3.05) is 13.6 Å². The summed E-state index contributed by atoms with van der Waals surface area (Å²) in [6.45, 7) is 4.50. The Morgan fingerprint density at radius 3 is 2.59 bits per heavy atom. The second kappa shape index (κ2) is 10.2. The fourth-order valence-electron chi connectivity index (χ4n) is 1.97. The smallest absolute Gasteiger partial charge is 0.251 e. The molecule has 1 aromatic rings. The first kappa shape index (κ1) is 20.4. The van der Waals surface area contributed by atoms with E-state index in [1.165, 1.54) is 0 Å². The fraction of sp³-hybridized carbons (Fsp3) is 0.500. The van der Waals surface area contributed by atoms with E-state index >= 15 is 0 Å². The van der Waals surface area contributed by atoms with E-state index in [1.807, 2.05) is 32.0 Å². The Balaban J connectivity index is 0.00000441. The minimum Gasteiger partial charge on any atom is -0.355 e. The van der Waals surface area contributed by atoms with Gasteiger partial charge in [0.15, 0.2) is 0 Å². The molecule has 2 unspecified atom stereocenters.